The predicted octanol–water partition coefficient (Wildman–Crippen LogP) is 3.79. The smallest absolute Gasteiger partial charge is 0.137 e. The monoisotopic (exact) mass is 411 g/mol. The molecule has 1 unspecified atom stereocenters. The molecule has 5 aromatic rings. The molecular formula is C23H21N7O. The van der Waals surface area contributed by atoms with Gasteiger partial charge in [0, 0.05) is 42.1 Å². The molecule has 0 radical (unpaired) electrons. The van der Waals surface area contributed by atoms with Crippen molar-refractivity contribution in [1.82, 2.24) is 30.1 Å². The topological polar surface area (TPSA) is 95.6 Å². The van der Waals surface area contributed by atoms with E-state index in [1.807, 2.05) is 30.7 Å². The van der Waals surface area contributed by atoms with Crippen molar-refractivity contribution >= 4 is 27.8 Å². The Morgan fingerprint density at radius 2 is 1.97 bits per heavy atom. The summed E-state index contributed by atoms with van der Waals surface area (Å²) in [5.74, 6) is 0.924. The van der Waals surface area contributed by atoms with Crippen molar-refractivity contribution in [3.63, 3.8) is 0 Å². The molecule has 1 atom stereocenters. The summed E-state index contributed by atoms with van der Waals surface area (Å²) < 4.78 is 5.66. The zero-order chi connectivity index (χ0) is 20.8. The molecule has 5 aromatic heterocycles. The van der Waals surface area contributed by atoms with Gasteiger partial charge in [-0.2, -0.15) is 5.10 Å². The zero-order valence-corrected chi connectivity index (χ0v) is 17.0. The average molecular weight is 411 g/mol. The minimum Gasteiger partial charge on any atom is -0.377 e. The zero-order valence-electron chi connectivity index (χ0n) is 17.0. The second-order valence-corrected chi connectivity index (χ2v) is 7.77. The maximum atomic E-state index is 5.66. The normalized spacial score (nSPS) is 16.9. The van der Waals surface area contributed by atoms with Crippen LogP contribution in [0.3, 0.4) is 0 Å². The first-order chi connectivity index (χ1) is 15.3. The van der Waals surface area contributed by atoms with Crippen LogP contribution in [0.5, 0.6) is 0 Å². The van der Waals surface area contributed by atoms with Gasteiger partial charge < -0.3 is 14.6 Å². The first-order valence-electron chi connectivity index (χ1n) is 10.4. The molecule has 0 spiro atoms. The molecule has 0 saturated carbocycles. The molecule has 31 heavy (non-hydrogen) atoms. The van der Waals surface area contributed by atoms with Crippen LogP contribution >= 0.6 is 0 Å². The summed E-state index contributed by atoms with van der Waals surface area (Å²) in [6.45, 7) is 4.35. The number of aromatic nitrogens is 6. The van der Waals surface area contributed by atoms with Gasteiger partial charge in [-0.15, -0.1) is 0 Å². The minimum absolute atomic E-state index is 0.239. The number of fused-ring (bicyclic) bond motifs is 2. The molecule has 8 nitrogen and oxygen atoms in total. The van der Waals surface area contributed by atoms with E-state index < -0.39 is 0 Å². The van der Waals surface area contributed by atoms with E-state index >= 15 is 0 Å². The van der Waals surface area contributed by atoms with Gasteiger partial charge in [-0.3, -0.25) is 10.1 Å². The van der Waals surface area contributed by atoms with Crippen LogP contribution in [0.1, 0.15) is 6.92 Å². The maximum absolute atomic E-state index is 5.66. The number of ether oxygens (including phenoxy) is 1. The second-order valence-electron chi connectivity index (χ2n) is 7.77. The molecule has 6 rings (SSSR count). The van der Waals surface area contributed by atoms with Crippen molar-refractivity contribution in [2.45, 2.75) is 13.0 Å². The van der Waals surface area contributed by atoms with Gasteiger partial charge in [0.25, 0.3) is 0 Å². The lowest BCUT2D eigenvalue weighted by Crippen LogP contribution is -2.44. The van der Waals surface area contributed by atoms with Crippen LogP contribution in [-0.2, 0) is 4.74 Å². The number of aromatic amines is 2. The quantitative estimate of drug-likeness (QED) is 0.469. The molecular weight excluding hydrogens is 390 g/mol. The number of pyridine rings is 3. The number of rotatable bonds is 3. The van der Waals surface area contributed by atoms with Crippen LogP contribution in [0.2, 0.25) is 0 Å². The van der Waals surface area contributed by atoms with E-state index in [1.165, 1.54) is 0 Å². The molecule has 1 fully saturated rings. The molecule has 0 aliphatic carbocycles. The summed E-state index contributed by atoms with van der Waals surface area (Å²) >= 11 is 0. The molecule has 2 N–H and O–H groups in total. The van der Waals surface area contributed by atoms with Crippen molar-refractivity contribution in [2.75, 3.05) is 24.7 Å². The van der Waals surface area contributed by atoms with E-state index in [9.17, 15) is 0 Å². The Bertz CT molecular complexity index is 1380. The number of hydrogen-bond acceptors (Lipinski definition) is 6. The molecule has 1 aliphatic rings. The van der Waals surface area contributed by atoms with E-state index in [1.54, 1.807) is 6.20 Å². The number of nitrogens with one attached hydrogen (secondary N) is 2. The van der Waals surface area contributed by atoms with E-state index in [0.29, 0.717) is 13.2 Å². The predicted molar refractivity (Wildman–Crippen MR) is 120 cm³/mol. The first-order valence-corrected chi connectivity index (χ1v) is 10.4. The highest BCUT2D eigenvalue weighted by molar-refractivity contribution is 6.06. The Labute approximate surface area is 178 Å². The third kappa shape index (κ3) is 2.95. The van der Waals surface area contributed by atoms with E-state index in [2.05, 4.69) is 55.2 Å². The average Bonchev–Trinajstić information content (AvgIpc) is 3.50. The number of anilines is 1. The summed E-state index contributed by atoms with van der Waals surface area (Å²) in [6.07, 6.45) is 7.33. The van der Waals surface area contributed by atoms with Gasteiger partial charge in [-0.25, -0.2) is 9.97 Å². The van der Waals surface area contributed by atoms with Crippen LogP contribution < -0.4 is 4.90 Å². The van der Waals surface area contributed by atoms with Gasteiger partial charge in [0.05, 0.1) is 24.9 Å². The molecule has 0 amide bonds. The molecule has 0 bridgehead atoms. The lowest BCUT2D eigenvalue weighted by atomic mass is 9.98. The molecule has 0 aromatic carbocycles. The number of hydrogen-bond donors (Lipinski definition) is 2. The van der Waals surface area contributed by atoms with Gasteiger partial charge in [0.15, 0.2) is 0 Å². The first kappa shape index (κ1) is 18.0. The summed E-state index contributed by atoms with van der Waals surface area (Å²) in [4.78, 5) is 19.7. The van der Waals surface area contributed by atoms with Crippen LogP contribution in [0.25, 0.3) is 44.5 Å². The molecule has 1 aliphatic heterocycles. The minimum atomic E-state index is 0.239. The highest BCUT2D eigenvalue weighted by atomic mass is 16.5. The summed E-state index contributed by atoms with van der Waals surface area (Å²) in [7, 11) is 0. The van der Waals surface area contributed by atoms with Gasteiger partial charge in [-0.1, -0.05) is 0 Å². The van der Waals surface area contributed by atoms with E-state index in [0.717, 1.165) is 56.8 Å². The van der Waals surface area contributed by atoms with Crippen molar-refractivity contribution < 1.29 is 4.74 Å². The van der Waals surface area contributed by atoms with Crippen LogP contribution in [0.4, 0.5) is 5.82 Å². The standard InChI is InChI=1S/C23H21N7O/c1-14-13-31-11-10-30(14)20-12-18(15-2-7-25-23-17(15)4-8-26-23)16-3-6-24-22(21(16)28-20)19-5-9-27-29-19/h2-9,12,14H,10-11,13H2,1H3,(H,25,26)(H,27,29). The Morgan fingerprint density at radius 1 is 1.03 bits per heavy atom. The number of morpholine rings is 1. The van der Waals surface area contributed by atoms with Crippen molar-refractivity contribution in [2.24, 2.45) is 0 Å². The van der Waals surface area contributed by atoms with Crippen molar-refractivity contribution in [3.8, 4) is 22.5 Å². The fourth-order valence-corrected chi connectivity index (χ4v) is 4.36. The fourth-order valence-electron chi connectivity index (χ4n) is 4.36. The SMILES string of the molecule is CC1COCCN1c1cc(-c2ccnc3[nH]ccc23)c2ccnc(-c3ccn[nH]3)c2n1. The third-order valence-electron chi connectivity index (χ3n) is 5.88. The molecule has 154 valence electrons. The fraction of sp³-hybridized carbons (Fsp3) is 0.217. The Balaban J connectivity index is 1.67. The largest absolute Gasteiger partial charge is 0.377 e. The maximum Gasteiger partial charge on any atom is 0.137 e. The van der Waals surface area contributed by atoms with Gasteiger partial charge >= 0.3 is 0 Å². The van der Waals surface area contributed by atoms with Crippen molar-refractivity contribution in [3.05, 3.63) is 55.1 Å². The number of nitrogens with zero attached hydrogens (tertiary/aromatic N) is 5. The summed E-state index contributed by atoms with van der Waals surface area (Å²) in [5.41, 5.74) is 5.57. The summed E-state index contributed by atoms with van der Waals surface area (Å²) in [5, 5.41) is 9.27. The summed E-state index contributed by atoms with van der Waals surface area (Å²) in [6, 6.07) is 10.5. The Hall–Kier alpha value is -3.78. The van der Waals surface area contributed by atoms with E-state index in [-0.39, 0.29) is 6.04 Å². The van der Waals surface area contributed by atoms with E-state index in [4.69, 9.17) is 9.72 Å². The van der Waals surface area contributed by atoms with Gasteiger partial charge in [-0.05, 0) is 48.4 Å². The highest BCUT2D eigenvalue weighted by Crippen LogP contribution is 2.37. The molecule has 1 saturated heterocycles. The third-order valence-corrected chi connectivity index (χ3v) is 5.88. The van der Waals surface area contributed by atoms with Gasteiger partial charge in [0.2, 0.25) is 0 Å². The highest BCUT2D eigenvalue weighted by Gasteiger charge is 2.23. The van der Waals surface area contributed by atoms with Crippen LogP contribution in [-0.4, -0.2) is 55.9 Å². The molecule has 8 heteroatoms. The molecule has 6 heterocycles. The second kappa shape index (κ2) is 7.17. The van der Waals surface area contributed by atoms with Crippen LogP contribution in [0, 0.1) is 0 Å². The number of H-pyrrole nitrogens is 2. The van der Waals surface area contributed by atoms with Crippen LogP contribution in [0.15, 0.2) is 55.1 Å². The van der Waals surface area contributed by atoms with Gasteiger partial charge in [0.1, 0.15) is 22.7 Å². The van der Waals surface area contributed by atoms with Crippen molar-refractivity contribution in [1.29, 1.82) is 0 Å². The lowest BCUT2D eigenvalue weighted by Gasteiger charge is -2.34. The lowest BCUT2D eigenvalue weighted by molar-refractivity contribution is 0.0986. The Morgan fingerprint density at radius 3 is 2.84 bits per heavy atom. The Kier molecular flexibility index (Phi) is 4.17.